The molecule has 0 fully saturated rings. The van der Waals surface area contributed by atoms with Crippen molar-refractivity contribution in [2.45, 2.75) is 19.3 Å². The van der Waals surface area contributed by atoms with Crippen molar-refractivity contribution < 1.29 is 0 Å². The van der Waals surface area contributed by atoms with E-state index in [9.17, 15) is 0 Å². The molecule has 2 heteroatoms. The van der Waals surface area contributed by atoms with Gasteiger partial charge in [-0.25, -0.2) is 0 Å². The van der Waals surface area contributed by atoms with Gasteiger partial charge in [0.25, 0.3) is 0 Å². The second-order valence-corrected chi connectivity index (χ2v) is 2.00. The molecule has 0 spiro atoms. The Morgan fingerprint density at radius 1 is 1.40 bits per heavy atom. The predicted octanol–water partition coefficient (Wildman–Crippen LogP) is 0.903. The Morgan fingerprint density at radius 2 is 2.20 bits per heavy atom. The van der Waals surface area contributed by atoms with Crippen LogP contribution in [0.2, 0.25) is 0 Å². The summed E-state index contributed by atoms with van der Waals surface area (Å²) in [7, 11) is 0. The molecular weight excluding hydrogens is 124 g/mol. The van der Waals surface area contributed by atoms with Crippen LogP contribution in [0.5, 0.6) is 0 Å². The van der Waals surface area contributed by atoms with E-state index in [0.29, 0.717) is 13.0 Å². The second-order valence-electron chi connectivity index (χ2n) is 2.00. The maximum absolute atomic E-state index is 8.17. The molecule has 0 radical (unpaired) electrons. The van der Waals surface area contributed by atoms with E-state index in [-0.39, 0.29) is 0 Å². The standard InChI is InChI=1S/C8H12N2/c1-2-7-10-8-5-3-4-6-9/h1,10H,3-5,7-8H2. The molecule has 1 N–H and O–H groups in total. The first-order valence-electron chi connectivity index (χ1n) is 3.43. The molecular formula is C8H12N2. The fraction of sp³-hybridized carbons (Fsp3) is 0.625. The quantitative estimate of drug-likeness (QED) is 0.450. The van der Waals surface area contributed by atoms with E-state index < -0.39 is 0 Å². The van der Waals surface area contributed by atoms with Gasteiger partial charge in [-0.05, 0) is 19.4 Å². The summed E-state index contributed by atoms with van der Waals surface area (Å²) in [5.41, 5.74) is 0. The van der Waals surface area contributed by atoms with Gasteiger partial charge in [0.05, 0.1) is 12.6 Å². The highest BCUT2D eigenvalue weighted by Crippen LogP contribution is 1.90. The molecule has 54 valence electrons. The van der Waals surface area contributed by atoms with Crippen LogP contribution in [0.1, 0.15) is 19.3 Å². The summed E-state index contributed by atoms with van der Waals surface area (Å²) in [5.74, 6) is 2.48. The van der Waals surface area contributed by atoms with Gasteiger partial charge in [0, 0.05) is 6.42 Å². The number of nitrogens with one attached hydrogen (secondary N) is 1. The Kier molecular flexibility index (Phi) is 7.22. The second kappa shape index (κ2) is 8.01. The van der Waals surface area contributed by atoms with Crippen LogP contribution in [-0.4, -0.2) is 13.1 Å². The van der Waals surface area contributed by atoms with E-state index in [1.54, 1.807) is 0 Å². The summed E-state index contributed by atoms with van der Waals surface area (Å²) < 4.78 is 0. The summed E-state index contributed by atoms with van der Waals surface area (Å²) in [5, 5.41) is 11.2. The highest BCUT2D eigenvalue weighted by molar-refractivity contribution is 4.86. The molecule has 0 aliphatic rings. The zero-order valence-electron chi connectivity index (χ0n) is 6.06. The van der Waals surface area contributed by atoms with Crippen LogP contribution in [0.3, 0.4) is 0 Å². The van der Waals surface area contributed by atoms with Crippen molar-refractivity contribution in [2.75, 3.05) is 13.1 Å². The molecule has 0 unspecified atom stereocenters. The van der Waals surface area contributed by atoms with E-state index in [1.165, 1.54) is 0 Å². The van der Waals surface area contributed by atoms with E-state index in [2.05, 4.69) is 17.3 Å². The molecule has 0 saturated carbocycles. The molecule has 0 atom stereocenters. The fourth-order valence-electron chi connectivity index (χ4n) is 0.615. The Bertz CT molecular complexity index is 120. The topological polar surface area (TPSA) is 35.8 Å². The zero-order chi connectivity index (χ0) is 7.66. The Hall–Kier alpha value is -0.990. The lowest BCUT2D eigenvalue weighted by Crippen LogP contribution is -2.14. The maximum Gasteiger partial charge on any atom is 0.0621 e. The first-order chi connectivity index (χ1) is 4.91. The monoisotopic (exact) mass is 136 g/mol. The van der Waals surface area contributed by atoms with Crippen LogP contribution >= 0.6 is 0 Å². The number of hydrogen-bond donors (Lipinski definition) is 1. The summed E-state index contributed by atoms with van der Waals surface area (Å²) in [6.45, 7) is 1.55. The van der Waals surface area contributed by atoms with Crippen LogP contribution in [0.15, 0.2) is 0 Å². The Morgan fingerprint density at radius 3 is 2.80 bits per heavy atom. The minimum atomic E-state index is 0.632. The smallest absolute Gasteiger partial charge is 0.0621 e. The lowest BCUT2D eigenvalue weighted by molar-refractivity contribution is 0.668. The van der Waals surface area contributed by atoms with Crippen molar-refractivity contribution >= 4 is 0 Å². The normalized spacial score (nSPS) is 8.20. The predicted molar refractivity (Wildman–Crippen MR) is 41.2 cm³/mol. The average Bonchev–Trinajstić information content (AvgIpc) is 1.97. The third-order valence-electron chi connectivity index (χ3n) is 1.12. The highest BCUT2D eigenvalue weighted by Gasteiger charge is 1.85. The minimum absolute atomic E-state index is 0.632. The third kappa shape index (κ3) is 7.01. The van der Waals surface area contributed by atoms with Crippen molar-refractivity contribution in [1.29, 1.82) is 5.26 Å². The maximum atomic E-state index is 8.17. The van der Waals surface area contributed by atoms with Gasteiger partial charge < -0.3 is 5.32 Å². The third-order valence-corrected chi connectivity index (χ3v) is 1.12. The van der Waals surface area contributed by atoms with Gasteiger partial charge in [-0.15, -0.1) is 6.42 Å². The van der Waals surface area contributed by atoms with Crippen molar-refractivity contribution in [1.82, 2.24) is 5.32 Å². The van der Waals surface area contributed by atoms with Crippen molar-refractivity contribution in [3.63, 3.8) is 0 Å². The van der Waals surface area contributed by atoms with Crippen LogP contribution in [-0.2, 0) is 0 Å². The number of hydrogen-bond acceptors (Lipinski definition) is 2. The zero-order valence-corrected chi connectivity index (χ0v) is 6.06. The minimum Gasteiger partial charge on any atom is -0.306 e. The van der Waals surface area contributed by atoms with Gasteiger partial charge in [-0.3, -0.25) is 0 Å². The molecule has 0 aliphatic carbocycles. The van der Waals surface area contributed by atoms with Crippen LogP contribution < -0.4 is 5.32 Å². The molecule has 0 rings (SSSR count). The molecule has 0 aliphatic heterocycles. The number of nitrogens with zero attached hydrogens (tertiary/aromatic N) is 1. The number of terminal acetylenes is 1. The van der Waals surface area contributed by atoms with Crippen molar-refractivity contribution in [3.05, 3.63) is 0 Å². The average molecular weight is 136 g/mol. The van der Waals surface area contributed by atoms with Crippen LogP contribution in [0.4, 0.5) is 0 Å². The summed E-state index contributed by atoms with van der Waals surface area (Å²) in [4.78, 5) is 0. The van der Waals surface area contributed by atoms with Gasteiger partial charge in [-0.1, -0.05) is 5.92 Å². The molecule has 2 nitrogen and oxygen atoms in total. The molecule has 0 bridgehead atoms. The summed E-state index contributed by atoms with van der Waals surface area (Å²) >= 11 is 0. The lowest BCUT2D eigenvalue weighted by atomic mass is 10.2. The van der Waals surface area contributed by atoms with Gasteiger partial charge in [-0.2, -0.15) is 5.26 Å². The molecule has 10 heavy (non-hydrogen) atoms. The van der Waals surface area contributed by atoms with Crippen molar-refractivity contribution in [3.8, 4) is 18.4 Å². The first-order valence-corrected chi connectivity index (χ1v) is 3.43. The van der Waals surface area contributed by atoms with E-state index in [4.69, 9.17) is 11.7 Å². The van der Waals surface area contributed by atoms with Gasteiger partial charge in [0.1, 0.15) is 0 Å². The largest absolute Gasteiger partial charge is 0.306 e. The highest BCUT2D eigenvalue weighted by atomic mass is 14.8. The lowest BCUT2D eigenvalue weighted by Gasteiger charge is -1.96. The first kappa shape index (κ1) is 9.01. The van der Waals surface area contributed by atoms with E-state index >= 15 is 0 Å². The van der Waals surface area contributed by atoms with Gasteiger partial charge >= 0.3 is 0 Å². The SMILES string of the molecule is C#CCNCCCCC#N. The van der Waals surface area contributed by atoms with E-state index in [0.717, 1.165) is 19.4 Å². The van der Waals surface area contributed by atoms with Crippen LogP contribution in [0.25, 0.3) is 0 Å². The molecule has 0 amide bonds. The molecule has 0 aromatic carbocycles. The summed E-state index contributed by atoms with van der Waals surface area (Å²) in [6, 6.07) is 2.09. The summed E-state index contributed by atoms with van der Waals surface area (Å²) in [6.07, 6.45) is 7.66. The van der Waals surface area contributed by atoms with Crippen LogP contribution in [0, 0.1) is 23.7 Å². The molecule has 0 heterocycles. The van der Waals surface area contributed by atoms with Crippen molar-refractivity contribution in [2.24, 2.45) is 0 Å². The van der Waals surface area contributed by atoms with E-state index in [1.807, 2.05) is 0 Å². The number of nitriles is 1. The molecule has 0 aromatic heterocycles. The fourth-order valence-corrected chi connectivity index (χ4v) is 0.615. The Balaban J connectivity index is 2.80. The Labute approximate surface area is 62.2 Å². The van der Waals surface area contributed by atoms with Gasteiger partial charge in [0.15, 0.2) is 0 Å². The van der Waals surface area contributed by atoms with Gasteiger partial charge in [0.2, 0.25) is 0 Å². The molecule has 0 aromatic rings. The number of unbranched alkanes of at least 4 members (excludes halogenated alkanes) is 2. The number of rotatable bonds is 5. The molecule has 0 saturated heterocycles.